The minimum Gasteiger partial charge on any atom is -0.396 e. The van der Waals surface area contributed by atoms with Crippen LogP contribution in [0.5, 0.6) is 0 Å². The van der Waals surface area contributed by atoms with Gasteiger partial charge in [0.25, 0.3) is 0 Å². The molecule has 50 valence electrons. The second-order valence-corrected chi connectivity index (χ2v) is 3.09. The second kappa shape index (κ2) is 7.66. The van der Waals surface area contributed by atoms with Crippen LogP contribution in [0.4, 0.5) is 0 Å². The standard InChI is InChI=1S/C5H12OS2/c6-2-1-4-8-5-3-7/h6-7H,1-5H2. The van der Waals surface area contributed by atoms with Crippen LogP contribution in [0.1, 0.15) is 6.42 Å². The first kappa shape index (κ1) is 8.66. The molecule has 0 unspecified atom stereocenters. The second-order valence-electron chi connectivity index (χ2n) is 1.41. The van der Waals surface area contributed by atoms with Gasteiger partial charge in [0.1, 0.15) is 0 Å². The molecule has 0 aliphatic rings. The van der Waals surface area contributed by atoms with Gasteiger partial charge in [0.15, 0.2) is 0 Å². The van der Waals surface area contributed by atoms with E-state index < -0.39 is 0 Å². The van der Waals surface area contributed by atoms with Gasteiger partial charge in [-0.25, -0.2) is 0 Å². The van der Waals surface area contributed by atoms with Crippen molar-refractivity contribution in [2.45, 2.75) is 6.42 Å². The maximum atomic E-state index is 8.33. The molecule has 0 heterocycles. The molecular formula is C5H12OS2. The van der Waals surface area contributed by atoms with E-state index in [9.17, 15) is 0 Å². The molecule has 0 fully saturated rings. The molecule has 0 aliphatic carbocycles. The zero-order valence-corrected chi connectivity index (χ0v) is 6.55. The van der Waals surface area contributed by atoms with E-state index in [4.69, 9.17) is 5.11 Å². The van der Waals surface area contributed by atoms with Gasteiger partial charge in [0, 0.05) is 12.4 Å². The van der Waals surface area contributed by atoms with Crippen molar-refractivity contribution in [3.8, 4) is 0 Å². The average molecular weight is 152 g/mol. The molecular weight excluding hydrogens is 140 g/mol. The third-order valence-electron chi connectivity index (χ3n) is 0.682. The molecule has 0 spiro atoms. The first-order chi connectivity index (χ1) is 3.91. The predicted octanol–water partition coefficient (Wildman–Crippen LogP) is 1.03. The Morgan fingerprint density at radius 3 is 2.62 bits per heavy atom. The number of hydrogen-bond donors (Lipinski definition) is 2. The molecule has 0 rings (SSSR count). The summed E-state index contributed by atoms with van der Waals surface area (Å²) in [5, 5.41) is 8.33. The van der Waals surface area contributed by atoms with Crippen LogP contribution < -0.4 is 0 Å². The summed E-state index contributed by atoms with van der Waals surface area (Å²) in [5.41, 5.74) is 0. The molecule has 8 heavy (non-hydrogen) atoms. The van der Waals surface area contributed by atoms with Gasteiger partial charge in [-0.2, -0.15) is 24.4 Å². The Balaban J connectivity index is 2.53. The van der Waals surface area contributed by atoms with Crippen LogP contribution in [-0.2, 0) is 0 Å². The van der Waals surface area contributed by atoms with Gasteiger partial charge in [0.05, 0.1) is 0 Å². The molecule has 0 amide bonds. The quantitative estimate of drug-likeness (QED) is 0.453. The van der Waals surface area contributed by atoms with E-state index in [1.807, 2.05) is 11.8 Å². The lowest BCUT2D eigenvalue weighted by Gasteiger charge is -1.93. The van der Waals surface area contributed by atoms with Gasteiger partial charge in [-0.05, 0) is 17.9 Å². The Kier molecular flexibility index (Phi) is 8.29. The van der Waals surface area contributed by atoms with Crippen molar-refractivity contribution in [2.75, 3.05) is 23.9 Å². The summed E-state index contributed by atoms with van der Waals surface area (Å²) < 4.78 is 0. The fourth-order valence-electron chi connectivity index (χ4n) is 0.333. The molecule has 0 saturated heterocycles. The summed E-state index contributed by atoms with van der Waals surface area (Å²) in [6, 6.07) is 0. The highest BCUT2D eigenvalue weighted by Crippen LogP contribution is 2.01. The molecule has 1 nitrogen and oxygen atoms in total. The molecule has 1 N–H and O–H groups in total. The molecule has 0 atom stereocenters. The summed E-state index contributed by atoms with van der Waals surface area (Å²) in [7, 11) is 0. The Morgan fingerprint density at radius 2 is 2.12 bits per heavy atom. The highest BCUT2D eigenvalue weighted by atomic mass is 32.2. The van der Waals surface area contributed by atoms with E-state index in [1.54, 1.807) is 0 Å². The van der Waals surface area contributed by atoms with Gasteiger partial charge in [0.2, 0.25) is 0 Å². The number of thioether (sulfide) groups is 1. The van der Waals surface area contributed by atoms with Crippen molar-refractivity contribution in [3.05, 3.63) is 0 Å². The smallest absolute Gasteiger partial charge is 0.0438 e. The topological polar surface area (TPSA) is 20.2 Å². The van der Waals surface area contributed by atoms with Crippen molar-refractivity contribution >= 4 is 24.4 Å². The highest BCUT2D eigenvalue weighted by Gasteiger charge is 1.84. The van der Waals surface area contributed by atoms with Crippen molar-refractivity contribution in [1.82, 2.24) is 0 Å². The van der Waals surface area contributed by atoms with Gasteiger partial charge < -0.3 is 5.11 Å². The Labute approximate surface area is 60.3 Å². The van der Waals surface area contributed by atoms with Crippen molar-refractivity contribution in [3.63, 3.8) is 0 Å². The Hall–Kier alpha value is 0.660. The largest absolute Gasteiger partial charge is 0.396 e. The molecule has 0 bridgehead atoms. The highest BCUT2D eigenvalue weighted by molar-refractivity contribution is 7.99. The zero-order chi connectivity index (χ0) is 6.24. The average Bonchev–Trinajstić information content (AvgIpc) is 1.81. The SMILES string of the molecule is OCCCSCCS. The van der Waals surface area contributed by atoms with Gasteiger partial charge in [-0.1, -0.05) is 0 Å². The summed E-state index contributed by atoms with van der Waals surface area (Å²) >= 11 is 5.88. The molecule has 0 aromatic rings. The minimum absolute atomic E-state index is 0.319. The summed E-state index contributed by atoms with van der Waals surface area (Å²) in [4.78, 5) is 0. The molecule has 0 radical (unpaired) electrons. The third kappa shape index (κ3) is 6.66. The van der Waals surface area contributed by atoms with Gasteiger partial charge in [-0.3, -0.25) is 0 Å². The Bertz CT molecular complexity index is 35.4. The maximum absolute atomic E-state index is 8.33. The number of aliphatic hydroxyl groups excluding tert-OH is 1. The monoisotopic (exact) mass is 152 g/mol. The van der Waals surface area contributed by atoms with Crippen molar-refractivity contribution in [1.29, 1.82) is 0 Å². The van der Waals surface area contributed by atoms with Crippen molar-refractivity contribution < 1.29 is 5.11 Å². The van der Waals surface area contributed by atoms with Crippen LogP contribution in [0.25, 0.3) is 0 Å². The van der Waals surface area contributed by atoms with E-state index >= 15 is 0 Å². The lowest BCUT2D eigenvalue weighted by Crippen LogP contribution is -1.87. The summed E-state index contributed by atoms with van der Waals surface area (Å²) in [6.45, 7) is 0.319. The molecule has 0 aromatic heterocycles. The fraction of sp³-hybridized carbons (Fsp3) is 1.00. The van der Waals surface area contributed by atoms with Gasteiger partial charge in [-0.15, -0.1) is 0 Å². The lowest BCUT2D eigenvalue weighted by molar-refractivity contribution is 0.296. The zero-order valence-electron chi connectivity index (χ0n) is 4.84. The normalized spacial score (nSPS) is 9.75. The number of aliphatic hydroxyl groups is 1. The lowest BCUT2D eigenvalue weighted by atomic mass is 10.5. The number of rotatable bonds is 5. The van der Waals surface area contributed by atoms with Crippen LogP contribution in [-0.4, -0.2) is 29.0 Å². The van der Waals surface area contributed by atoms with E-state index in [0.717, 1.165) is 23.7 Å². The minimum atomic E-state index is 0.319. The first-order valence-corrected chi connectivity index (χ1v) is 4.50. The third-order valence-corrected chi connectivity index (χ3v) is 2.28. The van der Waals surface area contributed by atoms with E-state index in [1.165, 1.54) is 0 Å². The van der Waals surface area contributed by atoms with E-state index in [0.29, 0.717) is 6.61 Å². The van der Waals surface area contributed by atoms with Crippen LogP contribution >= 0.6 is 24.4 Å². The van der Waals surface area contributed by atoms with Gasteiger partial charge >= 0.3 is 0 Å². The summed E-state index contributed by atoms with van der Waals surface area (Å²) in [5.74, 6) is 3.11. The molecule has 0 saturated carbocycles. The molecule has 0 aromatic carbocycles. The predicted molar refractivity (Wildman–Crippen MR) is 42.9 cm³/mol. The van der Waals surface area contributed by atoms with Crippen molar-refractivity contribution in [2.24, 2.45) is 0 Å². The Morgan fingerprint density at radius 1 is 1.38 bits per heavy atom. The fourth-order valence-corrected chi connectivity index (χ4v) is 1.39. The number of thiol groups is 1. The molecule has 0 aliphatic heterocycles. The van der Waals surface area contributed by atoms with Crippen LogP contribution in [0, 0.1) is 0 Å². The summed E-state index contributed by atoms with van der Waals surface area (Å²) in [6.07, 6.45) is 0.915. The maximum Gasteiger partial charge on any atom is 0.0438 e. The first-order valence-electron chi connectivity index (χ1n) is 2.71. The van der Waals surface area contributed by atoms with Crippen LogP contribution in [0.3, 0.4) is 0 Å². The number of hydrogen-bond acceptors (Lipinski definition) is 3. The van der Waals surface area contributed by atoms with Crippen LogP contribution in [0.15, 0.2) is 0 Å². The van der Waals surface area contributed by atoms with E-state index in [-0.39, 0.29) is 0 Å². The molecule has 3 heteroatoms. The van der Waals surface area contributed by atoms with Crippen LogP contribution in [0.2, 0.25) is 0 Å². The van der Waals surface area contributed by atoms with E-state index in [2.05, 4.69) is 12.6 Å².